The second kappa shape index (κ2) is 10.3. The van der Waals surface area contributed by atoms with E-state index in [1.54, 1.807) is 24.3 Å². The molecule has 0 heterocycles. The number of aryl methyl sites for hydroxylation is 1. The van der Waals surface area contributed by atoms with Crippen molar-refractivity contribution in [2.75, 3.05) is 17.3 Å². The summed E-state index contributed by atoms with van der Waals surface area (Å²) in [6.45, 7) is 7.86. The van der Waals surface area contributed by atoms with Crippen LogP contribution in [0, 0.1) is 6.92 Å². The van der Waals surface area contributed by atoms with Gasteiger partial charge in [0, 0.05) is 6.42 Å². The van der Waals surface area contributed by atoms with Gasteiger partial charge in [0.2, 0.25) is 0 Å². The summed E-state index contributed by atoms with van der Waals surface area (Å²) in [4.78, 5) is 12.5. The van der Waals surface area contributed by atoms with Gasteiger partial charge in [0.1, 0.15) is 5.78 Å². The first kappa shape index (κ1) is 22.2. The first-order valence-electron chi connectivity index (χ1n) is 9.09. The fourth-order valence-electron chi connectivity index (χ4n) is 2.58. The normalized spacial score (nSPS) is 13.0. The summed E-state index contributed by atoms with van der Waals surface area (Å²) in [6, 6.07) is 6.63. The molecule has 0 saturated carbocycles. The first-order valence-corrected chi connectivity index (χ1v) is 12.6. The first-order chi connectivity index (χ1) is 11.8. The zero-order valence-corrected chi connectivity index (χ0v) is 17.5. The van der Waals surface area contributed by atoms with E-state index >= 15 is 0 Å². The molecule has 0 saturated heterocycles. The molecule has 0 aromatic heterocycles. The van der Waals surface area contributed by atoms with Gasteiger partial charge in [0.05, 0.1) is 10.6 Å². The summed E-state index contributed by atoms with van der Waals surface area (Å²) >= 11 is 0. The minimum absolute atomic E-state index is 0.119. The molecule has 0 amide bonds. The van der Waals surface area contributed by atoms with Gasteiger partial charge in [-0.2, -0.15) is 8.42 Å². The highest BCUT2D eigenvalue weighted by Gasteiger charge is 2.31. The molecule has 1 aromatic carbocycles. The lowest BCUT2D eigenvalue weighted by molar-refractivity contribution is -0.116. The lowest BCUT2D eigenvalue weighted by atomic mass is 10.1. The Balaban J connectivity index is 2.83. The Morgan fingerprint density at radius 3 is 2.08 bits per heavy atom. The molecular formula is C19H32O4S2. The average molecular weight is 389 g/mol. The molecule has 6 heteroatoms. The highest BCUT2D eigenvalue weighted by molar-refractivity contribution is 8.33. The summed E-state index contributed by atoms with van der Waals surface area (Å²) in [7, 11) is -5.82. The van der Waals surface area contributed by atoms with E-state index in [2.05, 4.69) is 6.92 Å². The zero-order chi connectivity index (χ0) is 18.9. The van der Waals surface area contributed by atoms with Gasteiger partial charge in [-0.3, -0.25) is 4.79 Å². The van der Waals surface area contributed by atoms with Gasteiger partial charge in [-0.05, 0) is 37.0 Å². The molecule has 4 nitrogen and oxygen atoms in total. The monoisotopic (exact) mass is 388 g/mol. The van der Waals surface area contributed by atoms with Crippen molar-refractivity contribution >= 4 is 26.2 Å². The minimum atomic E-state index is -3.85. The van der Waals surface area contributed by atoms with Crippen molar-refractivity contribution in [1.29, 1.82) is 0 Å². The minimum Gasteiger partial charge on any atom is -0.299 e. The van der Waals surface area contributed by atoms with E-state index in [1.807, 2.05) is 20.8 Å². The fourth-order valence-corrected chi connectivity index (χ4v) is 7.39. The van der Waals surface area contributed by atoms with E-state index in [1.165, 1.54) is 0 Å². The smallest absolute Gasteiger partial charge is 0.299 e. The van der Waals surface area contributed by atoms with Crippen molar-refractivity contribution in [3.05, 3.63) is 29.8 Å². The van der Waals surface area contributed by atoms with Crippen LogP contribution in [-0.2, 0) is 18.5 Å². The maximum absolute atomic E-state index is 12.6. The predicted molar refractivity (Wildman–Crippen MR) is 107 cm³/mol. The third kappa shape index (κ3) is 7.12. The number of unbranched alkanes of at least 4 members (excludes halogenated alkanes) is 3. The fraction of sp³-hybridized carbons (Fsp3) is 0.632. The van der Waals surface area contributed by atoms with Crippen LogP contribution in [0.1, 0.15) is 58.4 Å². The Labute approximate surface area is 155 Å². The third-order valence-electron chi connectivity index (χ3n) is 4.33. The van der Waals surface area contributed by atoms with Crippen molar-refractivity contribution in [1.82, 2.24) is 0 Å². The van der Waals surface area contributed by atoms with E-state index in [0.717, 1.165) is 31.2 Å². The maximum Gasteiger partial charge on any atom is 0.306 e. The molecular weight excluding hydrogens is 356 g/mol. The molecule has 1 rings (SSSR count). The summed E-state index contributed by atoms with van der Waals surface area (Å²) in [5.74, 6) is 1.48. The third-order valence-corrected chi connectivity index (χ3v) is 10.0. The lowest BCUT2D eigenvalue weighted by Gasteiger charge is -2.35. The summed E-state index contributed by atoms with van der Waals surface area (Å²) in [5.41, 5.74) is 0.991. The number of carbonyl (C=O) groups excluding carboxylic acids is 1. The van der Waals surface area contributed by atoms with Crippen LogP contribution in [0.3, 0.4) is 0 Å². The van der Waals surface area contributed by atoms with Gasteiger partial charge in [-0.25, -0.2) is 3.63 Å². The Hall–Kier alpha value is -0.850. The van der Waals surface area contributed by atoms with E-state index in [-0.39, 0.29) is 16.4 Å². The van der Waals surface area contributed by atoms with Gasteiger partial charge < -0.3 is 0 Å². The quantitative estimate of drug-likeness (QED) is 0.473. The highest BCUT2D eigenvalue weighted by Crippen LogP contribution is 2.51. The molecule has 0 spiro atoms. The maximum atomic E-state index is 12.6. The Bertz CT molecular complexity index is 632. The molecule has 0 fully saturated rings. The molecule has 0 bridgehead atoms. The van der Waals surface area contributed by atoms with Gasteiger partial charge in [0.15, 0.2) is 0 Å². The predicted octanol–water partition coefficient (Wildman–Crippen LogP) is 5.00. The molecule has 0 aliphatic heterocycles. The van der Waals surface area contributed by atoms with Crippen LogP contribution in [-0.4, -0.2) is 31.5 Å². The highest BCUT2D eigenvalue weighted by atomic mass is 32.3. The van der Waals surface area contributed by atoms with E-state index in [9.17, 15) is 13.2 Å². The van der Waals surface area contributed by atoms with Crippen molar-refractivity contribution in [3.63, 3.8) is 0 Å². The standard InChI is InChI=1S/C19H32O4S2/c1-5-8-9-10-11-18(20)16-24(6-2,7-3)23-25(21,22)19-14-12-17(4)13-15-19/h12-15H,5-11,16H2,1-4H3. The van der Waals surface area contributed by atoms with Gasteiger partial charge in [-0.15, -0.1) is 10.3 Å². The van der Waals surface area contributed by atoms with Crippen LogP contribution in [0.25, 0.3) is 0 Å². The van der Waals surface area contributed by atoms with Gasteiger partial charge in [-0.1, -0.05) is 57.7 Å². The second-order valence-corrected chi connectivity index (χ2v) is 11.7. The van der Waals surface area contributed by atoms with Crippen LogP contribution in [0.5, 0.6) is 0 Å². The molecule has 0 aliphatic rings. The molecule has 1 aromatic rings. The molecule has 25 heavy (non-hydrogen) atoms. The zero-order valence-electron chi connectivity index (χ0n) is 15.9. The van der Waals surface area contributed by atoms with Gasteiger partial charge in [0.25, 0.3) is 0 Å². The SMILES string of the molecule is CCCCCCC(=O)CS(CC)(CC)OS(=O)(=O)c1ccc(C)cc1. The van der Waals surface area contributed by atoms with Crippen molar-refractivity contribution < 1.29 is 16.8 Å². The summed E-state index contributed by atoms with van der Waals surface area (Å²) in [6.07, 6.45) is 4.70. The van der Waals surface area contributed by atoms with Gasteiger partial charge >= 0.3 is 10.1 Å². The van der Waals surface area contributed by atoms with Crippen LogP contribution < -0.4 is 0 Å². The van der Waals surface area contributed by atoms with Crippen LogP contribution in [0.2, 0.25) is 0 Å². The van der Waals surface area contributed by atoms with Crippen LogP contribution in [0.15, 0.2) is 29.2 Å². The number of ketones is 1. The van der Waals surface area contributed by atoms with E-state index in [0.29, 0.717) is 17.9 Å². The number of rotatable bonds is 12. The van der Waals surface area contributed by atoms with E-state index < -0.39 is 20.4 Å². The molecule has 0 aliphatic carbocycles. The largest absolute Gasteiger partial charge is 0.306 e. The summed E-state index contributed by atoms with van der Waals surface area (Å²) in [5, 5.41) is 0. The summed E-state index contributed by atoms with van der Waals surface area (Å²) < 4.78 is 31.0. The number of Topliss-reactive ketones (excluding diaryl/α,β-unsaturated/α-hetero) is 1. The number of hydrogen-bond acceptors (Lipinski definition) is 4. The molecule has 0 radical (unpaired) electrons. The number of hydrogen-bond donors (Lipinski definition) is 0. The Kier molecular flexibility index (Phi) is 9.17. The lowest BCUT2D eigenvalue weighted by Crippen LogP contribution is -2.23. The van der Waals surface area contributed by atoms with Crippen molar-refractivity contribution in [3.8, 4) is 0 Å². The molecule has 0 unspecified atom stereocenters. The molecule has 0 N–H and O–H groups in total. The topological polar surface area (TPSA) is 60.4 Å². The van der Waals surface area contributed by atoms with Crippen LogP contribution >= 0.6 is 10.3 Å². The Morgan fingerprint density at radius 2 is 1.56 bits per heavy atom. The molecule has 144 valence electrons. The molecule has 0 atom stereocenters. The van der Waals surface area contributed by atoms with Crippen LogP contribution in [0.4, 0.5) is 0 Å². The number of carbonyl (C=O) groups is 1. The second-order valence-electron chi connectivity index (χ2n) is 6.37. The average Bonchev–Trinajstić information content (AvgIpc) is 2.58. The number of benzene rings is 1. The Morgan fingerprint density at radius 1 is 0.960 bits per heavy atom. The van der Waals surface area contributed by atoms with E-state index in [4.69, 9.17) is 3.63 Å². The van der Waals surface area contributed by atoms with Crippen molar-refractivity contribution in [2.45, 2.75) is 64.7 Å². The van der Waals surface area contributed by atoms with Crippen molar-refractivity contribution in [2.24, 2.45) is 0 Å².